The number of nitrogens with one attached hydrogen (secondary N) is 2. The van der Waals surface area contributed by atoms with E-state index in [9.17, 15) is 4.79 Å². The first-order valence-electron chi connectivity index (χ1n) is 8.21. The lowest BCUT2D eigenvalue weighted by molar-refractivity contribution is 0.0913. The summed E-state index contributed by atoms with van der Waals surface area (Å²) in [6.45, 7) is 7.92. The van der Waals surface area contributed by atoms with Crippen LogP contribution in [0.2, 0.25) is 0 Å². The molecule has 5 nitrogen and oxygen atoms in total. The number of piperidine rings is 1. The van der Waals surface area contributed by atoms with Crippen molar-refractivity contribution in [2.45, 2.75) is 33.2 Å². The molecule has 2 heterocycles. The van der Waals surface area contributed by atoms with Crippen LogP contribution in [0.1, 0.15) is 35.1 Å². The summed E-state index contributed by atoms with van der Waals surface area (Å²) in [7, 11) is 0. The molecular weight excluding hydrogens is 324 g/mol. The Morgan fingerprint density at radius 3 is 2.67 bits per heavy atom. The molecule has 2 unspecified atom stereocenters. The molecule has 1 aromatic carbocycles. The third-order valence-corrected chi connectivity index (χ3v) is 4.62. The fourth-order valence-corrected chi connectivity index (χ4v) is 3.26. The predicted octanol–water partition coefficient (Wildman–Crippen LogP) is 2.64. The van der Waals surface area contributed by atoms with Crippen molar-refractivity contribution in [3.05, 3.63) is 47.3 Å². The maximum atomic E-state index is 12.8. The summed E-state index contributed by atoms with van der Waals surface area (Å²) < 4.78 is 1.84. The van der Waals surface area contributed by atoms with E-state index >= 15 is 0 Å². The zero-order valence-electron chi connectivity index (χ0n) is 14.4. The van der Waals surface area contributed by atoms with Gasteiger partial charge < -0.3 is 10.6 Å². The van der Waals surface area contributed by atoms with Gasteiger partial charge in [0.2, 0.25) is 0 Å². The third kappa shape index (κ3) is 3.62. The Balaban J connectivity index is 0.00000208. The van der Waals surface area contributed by atoms with Crippen LogP contribution < -0.4 is 10.6 Å². The average Bonchev–Trinajstić information content (AvgIpc) is 2.85. The molecule has 0 saturated carbocycles. The highest BCUT2D eigenvalue weighted by atomic mass is 35.5. The Morgan fingerprint density at radius 2 is 2.00 bits per heavy atom. The largest absolute Gasteiger partial charge is 0.349 e. The van der Waals surface area contributed by atoms with E-state index in [1.54, 1.807) is 0 Å². The highest BCUT2D eigenvalue weighted by Gasteiger charge is 2.26. The van der Waals surface area contributed by atoms with Crippen molar-refractivity contribution in [3.8, 4) is 5.69 Å². The van der Waals surface area contributed by atoms with Gasteiger partial charge in [-0.05, 0) is 51.4 Å². The van der Waals surface area contributed by atoms with Crippen molar-refractivity contribution in [1.29, 1.82) is 0 Å². The summed E-state index contributed by atoms with van der Waals surface area (Å²) in [5, 5.41) is 11.1. The van der Waals surface area contributed by atoms with E-state index < -0.39 is 0 Å². The van der Waals surface area contributed by atoms with Gasteiger partial charge in [-0.25, -0.2) is 4.68 Å². The van der Waals surface area contributed by atoms with Crippen molar-refractivity contribution >= 4 is 18.3 Å². The number of benzene rings is 1. The van der Waals surface area contributed by atoms with Crippen LogP contribution in [0.4, 0.5) is 0 Å². The SMILES string of the molecule is Cc1nn(-c2ccccc2)c(C)c1C(=O)NC1CCNCC1C.Cl. The molecule has 1 aliphatic rings. The number of carbonyl (C=O) groups is 1. The first-order chi connectivity index (χ1) is 11.1. The number of aryl methyl sites for hydroxylation is 1. The molecule has 6 heteroatoms. The van der Waals surface area contributed by atoms with Crippen molar-refractivity contribution in [3.63, 3.8) is 0 Å². The van der Waals surface area contributed by atoms with Crippen molar-refractivity contribution in [2.75, 3.05) is 13.1 Å². The number of amides is 1. The van der Waals surface area contributed by atoms with Gasteiger partial charge in [0.05, 0.1) is 22.6 Å². The minimum Gasteiger partial charge on any atom is -0.349 e. The number of nitrogens with zero attached hydrogens (tertiary/aromatic N) is 2. The molecule has 1 amide bonds. The lowest BCUT2D eigenvalue weighted by Gasteiger charge is -2.30. The van der Waals surface area contributed by atoms with E-state index in [0.29, 0.717) is 11.5 Å². The molecule has 1 fully saturated rings. The summed E-state index contributed by atoms with van der Waals surface area (Å²) in [6.07, 6.45) is 0.970. The van der Waals surface area contributed by atoms with E-state index in [0.717, 1.165) is 36.6 Å². The molecule has 0 aliphatic carbocycles. The number of aromatic nitrogens is 2. The van der Waals surface area contributed by atoms with Gasteiger partial charge in [-0.3, -0.25) is 4.79 Å². The number of hydrogen-bond donors (Lipinski definition) is 2. The summed E-state index contributed by atoms with van der Waals surface area (Å²) in [5.41, 5.74) is 3.32. The normalized spacial score (nSPS) is 20.3. The molecule has 24 heavy (non-hydrogen) atoms. The molecule has 0 radical (unpaired) electrons. The van der Waals surface area contributed by atoms with Gasteiger partial charge in [-0.2, -0.15) is 5.10 Å². The van der Waals surface area contributed by atoms with Gasteiger partial charge >= 0.3 is 0 Å². The second-order valence-corrected chi connectivity index (χ2v) is 6.34. The lowest BCUT2D eigenvalue weighted by Crippen LogP contribution is -2.48. The molecule has 1 saturated heterocycles. The van der Waals surface area contributed by atoms with Crippen LogP contribution in [0.15, 0.2) is 30.3 Å². The van der Waals surface area contributed by atoms with Gasteiger partial charge in [0.25, 0.3) is 5.91 Å². The summed E-state index contributed by atoms with van der Waals surface area (Å²) in [5.74, 6) is 0.429. The molecule has 2 N–H and O–H groups in total. The summed E-state index contributed by atoms with van der Waals surface area (Å²) in [4.78, 5) is 12.8. The van der Waals surface area contributed by atoms with Crippen molar-refractivity contribution in [2.24, 2.45) is 5.92 Å². The van der Waals surface area contributed by atoms with Crippen LogP contribution in [0, 0.1) is 19.8 Å². The Hall–Kier alpha value is -1.85. The van der Waals surface area contributed by atoms with Crippen LogP contribution >= 0.6 is 12.4 Å². The van der Waals surface area contributed by atoms with Crippen LogP contribution in [-0.4, -0.2) is 34.8 Å². The second kappa shape index (κ2) is 7.81. The zero-order valence-corrected chi connectivity index (χ0v) is 15.2. The van der Waals surface area contributed by atoms with E-state index in [4.69, 9.17) is 0 Å². The number of carbonyl (C=O) groups excluding carboxylic acids is 1. The topological polar surface area (TPSA) is 59.0 Å². The average molecular weight is 349 g/mol. The van der Waals surface area contributed by atoms with Gasteiger partial charge in [-0.1, -0.05) is 25.1 Å². The fourth-order valence-electron chi connectivity index (χ4n) is 3.26. The minimum absolute atomic E-state index is 0. The van der Waals surface area contributed by atoms with E-state index in [2.05, 4.69) is 22.7 Å². The summed E-state index contributed by atoms with van der Waals surface area (Å²) >= 11 is 0. The summed E-state index contributed by atoms with van der Waals surface area (Å²) in [6, 6.07) is 10.1. The predicted molar refractivity (Wildman–Crippen MR) is 98.2 cm³/mol. The molecule has 0 bridgehead atoms. The highest BCUT2D eigenvalue weighted by molar-refractivity contribution is 5.96. The van der Waals surface area contributed by atoms with E-state index in [1.807, 2.05) is 48.9 Å². The minimum atomic E-state index is -0.0130. The van der Waals surface area contributed by atoms with E-state index in [1.165, 1.54) is 0 Å². The number of hydrogen-bond acceptors (Lipinski definition) is 3. The third-order valence-electron chi connectivity index (χ3n) is 4.62. The van der Waals surface area contributed by atoms with Gasteiger partial charge in [0, 0.05) is 6.04 Å². The standard InChI is InChI=1S/C18H24N4O.ClH/c1-12-11-19-10-9-16(12)20-18(23)17-13(2)21-22(14(17)3)15-7-5-4-6-8-15;/h4-8,12,16,19H,9-11H2,1-3H3,(H,20,23);1H. The lowest BCUT2D eigenvalue weighted by atomic mass is 9.95. The van der Waals surface area contributed by atoms with Crippen LogP contribution in [0.5, 0.6) is 0 Å². The molecule has 1 aliphatic heterocycles. The van der Waals surface area contributed by atoms with Crippen LogP contribution in [0.25, 0.3) is 5.69 Å². The van der Waals surface area contributed by atoms with Crippen LogP contribution in [-0.2, 0) is 0 Å². The quantitative estimate of drug-likeness (QED) is 0.896. The Bertz CT molecular complexity index is 699. The first-order valence-corrected chi connectivity index (χ1v) is 8.21. The molecule has 0 spiro atoms. The molecule has 2 aromatic rings. The fraction of sp³-hybridized carbons (Fsp3) is 0.444. The van der Waals surface area contributed by atoms with Gasteiger partial charge in [0.1, 0.15) is 0 Å². The molecule has 130 valence electrons. The second-order valence-electron chi connectivity index (χ2n) is 6.34. The Morgan fingerprint density at radius 1 is 1.29 bits per heavy atom. The van der Waals surface area contributed by atoms with Gasteiger partial charge in [-0.15, -0.1) is 12.4 Å². The van der Waals surface area contributed by atoms with E-state index in [-0.39, 0.29) is 24.4 Å². The number of halogens is 1. The first kappa shape index (κ1) is 18.5. The highest BCUT2D eigenvalue weighted by Crippen LogP contribution is 2.19. The van der Waals surface area contributed by atoms with Crippen molar-refractivity contribution < 1.29 is 4.79 Å². The Labute approximate surface area is 149 Å². The van der Waals surface area contributed by atoms with Gasteiger partial charge in [0.15, 0.2) is 0 Å². The molecule has 3 rings (SSSR count). The maximum absolute atomic E-state index is 12.8. The monoisotopic (exact) mass is 348 g/mol. The number of para-hydroxylation sites is 1. The molecule has 2 atom stereocenters. The molecule has 1 aromatic heterocycles. The maximum Gasteiger partial charge on any atom is 0.255 e. The van der Waals surface area contributed by atoms with Crippen molar-refractivity contribution in [1.82, 2.24) is 20.4 Å². The molecular formula is C18H25ClN4O. The Kier molecular flexibility index (Phi) is 6.02. The number of rotatable bonds is 3. The van der Waals surface area contributed by atoms with Crippen LogP contribution in [0.3, 0.4) is 0 Å². The zero-order chi connectivity index (χ0) is 16.4. The smallest absolute Gasteiger partial charge is 0.255 e.